The minimum atomic E-state index is -4.71. The van der Waals surface area contributed by atoms with Gasteiger partial charge in [-0.25, -0.2) is 0 Å². The van der Waals surface area contributed by atoms with E-state index in [9.17, 15) is 8.43 Å². The molecule has 0 heterocycles. The second-order valence-electron chi connectivity index (χ2n) is 8.82. The van der Waals surface area contributed by atoms with Gasteiger partial charge in [-0.05, 0) is 0 Å². The third kappa shape index (κ3) is 3.18. The van der Waals surface area contributed by atoms with Gasteiger partial charge in [0.15, 0.2) is 0 Å². The summed E-state index contributed by atoms with van der Waals surface area (Å²) >= 11 is -4.71. The van der Waals surface area contributed by atoms with Crippen molar-refractivity contribution in [2.45, 2.75) is 35.9 Å². The fourth-order valence-corrected chi connectivity index (χ4v) is 19.2. The second kappa shape index (κ2) is 7.07. The Hall–Kier alpha value is -0.0719. The number of aliphatic hydroxyl groups is 1. The number of rotatable bonds is 4. The van der Waals surface area contributed by atoms with Gasteiger partial charge in [-0.1, -0.05) is 0 Å². The van der Waals surface area contributed by atoms with Gasteiger partial charge < -0.3 is 0 Å². The average Bonchev–Trinajstić information content (AvgIpc) is 2.81. The van der Waals surface area contributed by atoms with Crippen LogP contribution in [0.4, 0.5) is 0 Å². The van der Waals surface area contributed by atoms with Crippen molar-refractivity contribution in [1.29, 1.82) is 0 Å². The second-order valence-corrected chi connectivity index (χ2v) is 48.5. The monoisotopic (exact) mass is 464 g/mol. The molecule has 1 aliphatic carbocycles. The van der Waals surface area contributed by atoms with Gasteiger partial charge in [-0.2, -0.15) is 0 Å². The molecule has 1 unspecified atom stereocenters. The fraction of sp³-hybridized carbons (Fsp3) is 0.368. The molecule has 0 amide bonds. The van der Waals surface area contributed by atoms with Crippen molar-refractivity contribution in [2.24, 2.45) is 0 Å². The van der Waals surface area contributed by atoms with Crippen LogP contribution in [0, 0.1) is 0 Å². The van der Waals surface area contributed by atoms with Crippen LogP contribution < -0.4 is 3.87 Å². The molecule has 144 valence electrons. The van der Waals surface area contributed by atoms with E-state index in [0.29, 0.717) is 4.73 Å². The standard InChI is InChI=1S/C14H11.C2H5O.C2H7Si.CH3.2ClH.O.H2Si.Ti/c1-10-11-6-2-4-8-13(11)14-9-5-3-7-12(10)14;1-2-3;1-3-2;;;;;;/h2-6,8-10H,1H3;3H,1-2H2;3H,1-2H3;1H3;2*1H;;1H2;. The van der Waals surface area contributed by atoms with Gasteiger partial charge in [-0.15, -0.1) is 24.8 Å². The molecule has 0 saturated heterocycles. The molecule has 3 rings (SSSR count). The number of hydrogen-bond acceptors (Lipinski definition) is 2. The Morgan fingerprint density at radius 2 is 1.65 bits per heavy atom. The van der Waals surface area contributed by atoms with Crippen LogP contribution in [-0.2, 0) is 15.3 Å². The van der Waals surface area contributed by atoms with Crippen LogP contribution in [0.5, 0.6) is 0 Å². The first-order valence-corrected chi connectivity index (χ1v) is 22.6. The van der Waals surface area contributed by atoms with Crippen molar-refractivity contribution < 1.29 is 20.4 Å². The van der Waals surface area contributed by atoms with Gasteiger partial charge in [0.05, 0.1) is 0 Å². The molecule has 0 aromatic heterocycles. The van der Waals surface area contributed by atoms with Crippen LogP contribution in [-0.4, -0.2) is 26.0 Å². The summed E-state index contributed by atoms with van der Waals surface area (Å²) in [6.45, 7) is 5.09. The number of halogens is 2. The predicted octanol–water partition coefficient (Wildman–Crippen LogP) is 3.85. The minimum Gasteiger partial charge on any atom is -0.147 e. The molecule has 1 aliphatic rings. The van der Waals surface area contributed by atoms with E-state index in [1.807, 2.05) is 0 Å². The van der Waals surface area contributed by atoms with Crippen LogP contribution >= 0.6 is 24.8 Å². The molecule has 0 fully saturated rings. The first-order chi connectivity index (χ1) is 11.1. The first kappa shape index (κ1) is 24.0. The van der Waals surface area contributed by atoms with Crippen LogP contribution in [0.2, 0.25) is 23.0 Å². The number of aliphatic hydroxyl groups excluding tert-OH is 1. The fourth-order valence-electron chi connectivity index (χ4n) is 4.37. The van der Waals surface area contributed by atoms with Gasteiger partial charge >= 0.3 is 146 Å². The maximum Gasteiger partial charge on any atom is -0.147 e. The van der Waals surface area contributed by atoms with E-state index in [1.54, 1.807) is 7.63 Å². The zero-order valence-electron chi connectivity index (χ0n) is 16.0. The molecule has 0 radical (unpaired) electrons. The van der Waals surface area contributed by atoms with E-state index in [2.05, 4.69) is 67.7 Å². The normalized spacial score (nSPS) is 16.6. The molecular weight excluding hydrogens is 435 g/mol. The predicted molar refractivity (Wildman–Crippen MR) is 119 cm³/mol. The van der Waals surface area contributed by atoms with Gasteiger partial charge in [0.1, 0.15) is 0 Å². The van der Waals surface area contributed by atoms with Crippen molar-refractivity contribution in [2.75, 3.05) is 6.61 Å². The maximum absolute atomic E-state index is 14.9. The Morgan fingerprint density at radius 3 is 2.23 bits per heavy atom. The summed E-state index contributed by atoms with van der Waals surface area (Å²) in [6, 6.07) is 14.9. The summed E-state index contributed by atoms with van der Waals surface area (Å²) < 4.78 is 16.4. The molecular formula is C19H30Cl2O2Si2Ti. The third-order valence-electron chi connectivity index (χ3n) is 7.00. The zero-order valence-corrected chi connectivity index (χ0v) is 21.8. The summed E-state index contributed by atoms with van der Waals surface area (Å²) in [6.07, 6.45) is 0. The van der Waals surface area contributed by atoms with E-state index in [4.69, 9.17) is 0 Å². The smallest absolute Gasteiger partial charge is 0.147 e. The van der Waals surface area contributed by atoms with Crippen molar-refractivity contribution in [3.63, 3.8) is 0 Å². The molecule has 0 bridgehead atoms. The summed E-state index contributed by atoms with van der Waals surface area (Å²) in [5.74, 6) is 0.260. The van der Waals surface area contributed by atoms with Gasteiger partial charge in [0.25, 0.3) is 0 Å². The van der Waals surface area contributed by atoms with Crippen molar-refractivity contribution in [1.82, 2.24) is 0 Å². The number of hydrogen-bond donors (Lipinski definition) is 1. The van der Waals surface area contributed by atoms with E-state index < -0.39 is 18.6 Å². The van der Waals surface area contributed by atoms with Crippen LogP contribution in [0.3, 0.4) is 0 Å². The number of fused-ring (bicyclic) bond motifs is 3. The van der Waals surface area contributed by atoms with Crippen LogP contribution in [0.15, 0.2) is 42.5 Å². The van der Waals surface area contributed by atoms with Gasteiger partial charge in [0.2, 0.25) is 0 Å². The quantitative estimate of drug-likeness (QED) is 0.697. The molecule has 7 heteroatoms. The molecule has 26 heavy (non-hydrogen) atoms. The summed E-state index contributed by atoms with van der Waals surface area (Å²) in [7, 11) is 1.77. The van der Waals surface area contributed by atoms with Crippen LogP contribution in [0.1, 0.15) is 24.0 Å². The maximum atomic E-state index is 14.9. The van der Waals surface area contributed by atoms with Crippen molar-refractivity contribution >= 4 is 43.0 Å². The molecule has 1 atom stereocenters. The molecule has 0 saturated carbocycles. The van der Waals surface area contributed by atoms with Crippen molar-refractivity contribution in [3.8, 4) is 11.1 Å². The average molecular weight is 465 g/mol. The van der Waals surface area contributed by atoms with Crippen molar-refractivity contribution in [3.05, 3.63) is 53.6 Å². The minimum absolute atomic E-state index is 0. The Balaban J connectivity index is 0.00000169. The zero-order chi connectivity index (χ0) is 17.8. The Labute approximate surface area is 169 Å². The molecule has 2 aromatic rings. The molecule has 2 aromatic carbocycles. The SMILES string of the molecule is CC1c2ccccc2-c2ccc[c]([Ti]([CH3])(=[O])(=[SiH2])([CH2]CO)[SiH](C)C)c21.Cl.Cl. The third-order valence-corrected chi connectivity index (χ3v) is 50.8. The van der Waals surface area contributed by atoms with E-state index in [-0.39, 0.29) is 37.3 Å². The molecule has 2 nitrogen and oxygen atoms in total. The number of benzene rings is 2. The van der Waals surface area contributed by atoms with E-state index >= 15 is 0 Å². The Morgan fingerprint density at radius 1 is 1.08 bits per heavy atom. The van der Waals surface area contributed by atoms with Gasteiger partial charge in [-0.3, -0.25) is 0 Å². The van der Waals surface area contributed by atoms with Crippen LogP contribution in [0.25, 0.3) is 11.1 Å². The first-order valence-electron chi connectivity index (χ1n) is 8.90. The Kier molecular flexibility index (Phi) is 6.52. The summed E-state index contributed by atoms with van der Waals surface area (Å²) in [5.41, 5.74) is 5.10. The van der Waals surface area contributed by atoms with Gasteiger partial charge in [0, 0.05) is 0 Å². The Bertz CT molecular complexity index is 1010. The van der Waals surface area contributed by atoms with E-state index in [1.165, 1.54) is 22.3 Å². The summed E-state index contributed by atoms with van der Waals surface area (Å²) in [4.78, 5) is 0. The topological polar surface area (TPSA) is 37.3 Å². The molecule has 0 spiro atoms. The molecule has 1 N–H and O–H groups in total. The van der Waals surface area contributed by atoms with E-state index in [0.717, 1.165) is 3.87 Å². The summed E-state index contributed by atoms with van der Waals surface area (Å²) in [5, 5.41) is 11.9. The molecule has 0 aliphatic heterocycles. The largest absolute Gasteiger partial charge is 0.147 e.